The second kappa shape index (κ2) is 9.66. The molecule has 3 heteroatoms. The van der Waals surface area contributed by atoms with Gasteiger partial charge < -0.3 is 9.84 Å². The Bertz CT molecular complexity index is 627. The van der Waals surface area contributed by atoms with Gasteiger partial charge in [-0.25, -0.2) is 0 Å². The molecule has 0 spiro atoms. The van der Waals surface area contributed by atoms with Crippen molar-refractivity contribution in [2.75, 3.05) is 0 Å². The van der Waals surface area contributed by atoms with Crippen LogP contribution in [0, 0.1) is 17.3 Å². The molecule has 1 fully saturated rings. The average Bonchev–Trinajstić information content (AvgIpc) is 2.49. The predicted molar refractivity (Wildman–Crippen MR) is 113 cm³/mol. The van der Waals surface area contributed by atoms with Crippen LogP contribution in [0.15, 0.2) is 47.6 Å². The maximum absolute atomic E-state index is 12.1. The Labute approximate surface area is 165 Å². The Hall–Kier alpha value is -1.45. The lowest BCUT2D eigenvalue weighted by atomic mass is 9.63. The van der Waals surface area contributed by atoms with E-state index in [1.165, 1.54) is 0 Å². The molecule has 1 rings (SSSR count). The Kier molecular flexibility index (Phi) is 8.44. The standard InChI is InChI=1S/C24H38O3/c1-17(10-9-11-18(2)16-22(26)27-23(4,5)6)12-13-20-19(3)21(25)14-15-24(20,7)8/h9-13,16,19-20,22,26H,14-15H2,1-8H3. The van der Waals surface area contributed by atoms with Crippen LogP contribution in [0.25, 0.3) is 0 Å². The Balaban J connectivity index is 2.72. The molecule has 3 atom stereocenters. The number of aliphatic hydroxyl groups excluding tert-OH is 1. The van der Waals surface area contributed by atoms with Crippen LogP contribution in [-0.2, 0) is 9.53 Å². The first-order chi connectivity index (χ1) is 12.3. The zero-order valence-corrected chi connectivity index (χ0v) is 18.4. The molecule has 0 aliphatic heterocycles. The van der Waals surface area contributed by atoms with Crippen molar-refractivity contribution in [2.24, 2.45) is 17.3 Å². The van der Waals surface area contributed by atoms with Crippen molar-refractivity contribution in [3.63, 3.8) is 0 Å². The van der Waals surface area contributed by atoms with Crippen LogP contribution in [0.3, 0.4) is 0 Å². The minimum absolute atomic E-state index is 0.0859. The van der Waals surface area contributed by atoms with Crippen molar-refractivity contribution >= 4 is 5.78 Å². The van der Waals surface area contributed by atoms with Crippen LogP contribution in [0.5, 0.6) is 0 Å². The number of allylic oxidation sites excluding steroid dienone is 7. The van der Waals surface area contributed by atoms with Gasteiger partial charge in [0.25, 0.3) is 0 Å². The molecular weight excluding hydrogens is 336 g/mol. The van der Waals surface area contributed by atoms with Crippen LogP contribution in [0.1, 0.15) is 68.2 Å². The summed E-state index contributed by atoms with van der Waals surface area (Å²) in [5, 5.41) is 9.90. The van der Waals surface area contributed by atoms with Crippen molar-refractivity contribution in [2.45, 2.75) is 80.1 Å². The SMILES string of the molecule is CC(C=CC1C(C)C(=O)CCC1(C)C)=CC=CC(C)=CC(O)OC(C)(C)C. The fourth-order valence-electron chi connectivity index (χ4n) is 3.48. The molecule has 0 aromatic rings. The zero-order chi connectivity index (χ0) is 20.8. The van der Waals surface area contributed by atoms with E-state index in [2.05, 4.69) is 39.8 Å². The van der Waals surface area contributed by atoms with Crippen LogP contribution >= 0.6 is 0 Å². The lowest BCUT2D eigenvalue weighted by molar-refractivity contribution is -0.138. The smallest absolute Gasteiger partial charge is 0.175 e. The highest BCUT2D eigenvalue weighted by Gasteiger charge is 2.39. The average molecular weight is 375 g/mol. The molecule has 1 N–H and O–H groups in total. The molecule has 1 aliphatic rings. The Morgan fingerprint density at radius 1 is 1.22 bits per heavy atom. The molecule has 3 nitrogen and oxygen atoms in total. The van der Waals surface area contributed by atoms with E-state index in [1.54, 1.807) is 6.08 Å². The van der Waals surface area contributed by atoms with Crippen molar-refractivity contribution in [1.29, 1.82) is 0 Å². The van der Waals surface area contributed by atoms with E-state index in [4.69, 9.17) is 4.74 Å². The second-order valence-corrected chi connectivity index (χ2v) is 9.43. The largest absolute Gasteiger partial charge is 0.365 e. The van der Waals surface area contributed by atoms with E-state index in [9.17, 15) is 9.90 Å². The van der Waals surface area contributed by atoms with Gasteiger partial charge in [-0.15, -0.1) is 0 Å². The van der Waals surface area contributed by atoms with E-state index in [1.807, 2.05) is 45.9 Å². The molecule has 0 bridgehead atoms. The Morgan fingerprint density at radius 2 is 1.85 bits per heavy atom. The molecular formula is C24H38O3. The summed E-state index contributed by atoms with van der Waals surface area (Å²) in [7, 11) is 0. The summed E-state index contributed by atoms with van der Waals surface area (Å²) in [4.78, 5) is 12.1. The molecule has 1 aliphatic carbocycles. The molecule has 0 aromatic heterocycles. The van der Waals surface area contributed by atoms with Crippen LogP contribution in [-0.4, -0.2) is 22.8 Å². The van der Waals surface area contributed by atoms with E-state index < -0.39 is 6.29 Å². The highest BCUT2D eigenvalue weighted by molar-refractivity contribution is 5.82. The lowest BCUT2D eigenvalue weighted by Gasteiger charge is -2.40. The predicted octanol–water partition coefficient (Wildman–Crippen LogP) is 5.77. The first-order valence-electron chi connectivity index (χ1n) is 9.92. The van der Waals surface area contributed by atoms with Gasteiger partial charge in [0.2, 0.25) is 0 Å². The molecule has 3 unspecified atom stereocenters. The number of aliphatic hydroxyl groups is 1. The lowest BCUT2D eigenvalue weighted by Crippen LogP contribution is -2.37. The molecule has 0 radical (unpaired) electrons. The maximum atomic E-state index is 12.1. The third-order valence-electron chi connectivity index (χ3n) is 5.13. The molecule has 0 heterocycles. The third kappa shape index (κ3) is 8.40. The zero-order valence-electron chi connectivity index (χ0n) is 18.4. The van der Waals surface area contributed by atoms with Gasteiger partial charge in [0.1, 0.15) is 5.78 Å². The number of hydrogen-bond acceptors (Lipinski definition) is 3. The molecule has 152 valence electrons. The highest BCUT2D eigenvalue weighted by atomic mass is 16.6. The third-order valence-corrected chi connectivity index (χ3v) is 5.13. The summed E-state index contributed by atoms with van der Waals surface area (Å²) in [5.74, 6) is 0.738. The normalized spacial score (nSPS) is 26.2. The van der Waals surface area contributed by atoms with Gasteiger partial charge in [-0.05, 0) is 58.4 Å². The first-order valence-corrected chi connectivity index (χ1v) is 9.92. The minimum Gasteiger partial charge on any atom is -0.365 e. The van der Waals surface area contributed by atoms with Crippen LogP contribution < -0.4 is 0 Å². The summed E-state index contributed by atoms with van der Waals surface area (Å²) < 4.78 is 5.47. The summed E-state index contributed by atoms with van der Waals surface area (Å²) in [6.45, 7) is 16.3. The monoisotopic (exact) mass is 374 g/mol. The fraction of sp³-hybridized carbons (Fsp3) is 0.625. The summed E-state index contributed by atoms with van der Waals surface area (Å²) in [6.07, 6.45) is 12.7. The van der Waals surface area contributed by atoms with E-state index in [-0.39, 0.29) is 22.9 Å². The number of hydrogen-bond donors (Lipinski definition) is 1. The molecule has 1 saturated carbocycles. The fourth-order valence-corrected chi connectivity index (χ4v) is 3.48. The first kappa shape index (κ1) is 23.6. The highest BCUT2D eigenvalue weighted by Crippen LogP contribution is 2.43. The topological polar surface area (TPSA) is 46.5 Å². The summed E-state index contributed by atoms with van der Waals surface area (Å²) in [5.41, 5.74) is 1.84. The van der Waals surface area contributed by atoms with E-state index >= 15 is 0 Å². The maximum Gasteiger partial charge on any atom is 0.175 e. The van der Waals surface area contributed by atoms with Crippen molar-refractivity contribution < 1.29 is 14.6 Å². The van der Waals surface area contributed by atoms with E-state index in [0.29, 0.717) is 12.2 Å². The van der Waals surface area contributed by atoms with Gasteiger partial charge in [-0.3, -0.25) is 4.79 Å². The van der Waals surface area contributed by atoms with Gasteiger partial charge in [-0.2, -0.15) is 0 Å². The quantitative estimate of drug-likeness (QED) is 0.474. The molecule has 0 saturated heterocycles. The summed E-state index contributed by atoms with van der Waals surface area (Å²) in [6, 6.07) is 0. The van der Waals surface area contributed by atoms with Crippen LogP contribution in [0.4, 0.5) is 0 Å². The molecule has 0 aromatic carbocycles. The van der Waals surface area contributed by atoms with Gasteiger partial charge >= 0.3 is 0 Å². The Morgan fingerprint density at radius 3 is 2.44 bits per heavy atom. The van der Waals surface area contributed by atoms with Gasteiger partial charge in [0.05, 0.1) is 5.60 Å². The number of carbonyl (C=O) groups is 1. The number of ether oxygens (including phenoxy) is 1. The number of rotatable bonds is 6. The van der Waals surface area contributed by atoms with Crippen LogP contribution in [0.2, 0.25) is 0 Å². The molecule has 0 amide bonds. The van der Waals surface area contributed by atoms with Crippen molar-refractivity contribution in [3.05, 3.63) is 47.6 Å². The minimum atomic E-state index is -0.910. The van der Waals surface area contributed by atoms with E-state index in [0.717, 1.165) is 17.6 Å². The van der Waals surface area contributed by atoms with Gasteiger partial charge in [-0.1, -0.05) is 62.3 Å². The van der Waals surface area contributed by atoms with Gasteiger partial charge in [0.15, 0.2) is 6.29 Å². The summed E-state index contributed by atoms with van der Waals surface area (Å²) >= 11 is 0. The van der Waals surface area contributed by atoms with Crippen molar-refractivity contribution in [1.82, 2.24) is 0 Å². The molecule has 27 heavy (non-hydrogen) atoms. The van der Waals surface area contributed by atoms with Gasteiger partial charge in [0, 0.05) is 12.3 Å². The number of ketones is 1. The second-order valence-electron chi connectivity index (χ2n) is 9.43. The number of carbonyl (C=O) groups excluding carboxylic acids is 1. The number of Topliss-reactive ketones (excluding diaryl/α,β-unsaturated/α-hetero) is 1. The van der Waals surface area contributed by atoms with Crippen molar-refractivity contribution in [3.8, 4) is 0 Å².